The van der Waals surface area contributed by atoms with Crippen molar-refractivity contribution in [1.29, 1.82) is 0 Å². The summed E-state index contributed by atoms with van der Waals surface area (Å²) in [5.41, 5.74) is 8.20. The van der Waals surface area contributed by atoms with Crippen molar-refractivity contribution in [3.8, 4) is 0 Å². The minimum absolute atomic E-state index is 0.703. The van der Waals surface area contributed by atoms with Crippen LogP contribution in [0.15, 0.2) is 22.7 Å². The molecule has 0 spiro atoms. The molecular weight excluding hydrogens is 304 g/mol. The van der Waals surface area contributed by atoms with Crippen LogP contribution in [0.2, 0.25) is 0 Å². The SMILES string of the molecule is COCC1CCN(c2ccc(CCN)cc2Br)CC1. The maximum atomic E-state index is 5.60. The molecule has 0 aliphatic carbocycles. The lowest BCUT2D eigenvalue weighted by Crippen LogP contribution is -2.35. The standard InChI is InChI=1S/C15H23BrN2O/c1-19-11-13-5-8-18(9-6-13)15-3-2-12(4-7-17)10-14(15)16/h2-3,10,13H,4-9,11,17H2,1H3. The zero-order valence-electron chi connectivity index (χ0n) is 11.6. The number of ether oxygens (including phenoxy) is 1. The molecule has 2 N–H and O–H groups in total. The Morgan fingerprint density at radius 1 is 1.37 bits per heavy atom. The Morgan fingerprint density at radius 2 is 2.11 bits per heavy atom. The molecule has 1 aliphatic rings. The first-order chi connectivity index (χ1) is 9.24. The van der Waals surface area contributed by atoms with Crippen LogP contribution < -0.4 is 10.6 Å². The molecule has 0 saturated carbocycles. The van der Waals surface area contributed by atoms with Crippen LogP contribution in [-0.2, 0) is 11.2 Å². The Labute approximate surface area is 124 Å². The third kappa shape index (κ3) is 3.94. The summed E-state index contributed by atoms with van der Waals surface area (Å²) in [6.45, 7) is 3.82. The van der Waals surface area contributed by atoms with E-state index in [1.165, 1.54) is 28.6 Å². The van der Waals surface area contributed by atoms with Gasteiger partial charge in [-0.15, -0.1) is 0 Å². The number of hydrogen-bond donors (Lipinski definition) is 1. The summed E-state index contributed by atoms with van der Waals surface area (Å²) in [7, 11) is 1.79. The fourth-order valence-electron chi connectivity index (χ4n) is 2.71. The molecule has 1 saturated heterocycles. The van der Waals surface area contributed by atoms with Gasteiger partial charge < -0.3 is 15.4 Å². The largest absolute Gasteiger partial charge is 0.384 e. The van der Waals surface area contributed by atoms with E-state index in [0.29, 0.717) is 6.54 Å². The Kier molecular flexibility index (Phi) is 5.67. The van der Waals surface area contributed by atoms with E-state index in [2.05, 4.69) is 39.0 Å². The van der Waals surface area contributed by atoms with Gasteiger partial charge in [-0.25, -0.2) is 0 Å². The number of halogens is 1. The molecule has 1 heterocycles. The van der Waals surface area contributed by atoms with Gasteiger partial charge in [0, 0.05) is 31.3 Å². The summed E-state index contributed by atoms with van der Waals surface area (Å²) in [4.78, 5) is 2.46. The number of rotatable bonds is 5. The van der Waals surface area contributed by atoms with Crippen molar-refractivity contribution in [3.05, 3.63) is 28.2 Å². The molecule has 1 aromatic carbocycles. The van der Waals surface area contributed by atoms with Gasteiger partial charge in [0.25, 0.3) is 0 Å². The minimum Gasteiger partial charge on any atom is -0.384 e. The lowest BCUT2D eigenvalue weighted by atomic mass is 9.97. The topological polar surface area (TPSA) is 38.5 Å². The van der Waals surface area contributed by atoms with Gasteiger partial charge in [0.2, 0.25) is 0 Å². The Bertz CT molecular complexity index is 403. The van der Waals surface area contributed by atoms with Gasteiger partial charge in [-0.2, -0.15) is 0 Å². The highest BCUT2D eigenvalue weighted by molar-refractivity contribution is 9.10. The van der Waals surface area contributed by atoms with Crippen molar-refractivity contribution < 1.29 is 4.74 Å². The highest BCUT2D eigenvalue weighted by Gasteiger charge is 2.20. The predicted octanol–water partition coefficient (Wildman–Crippen LogP) is 2.81. The second kappa shape index (κ2) is 7.27. The van der Waals surface area contributed by atoms with E-state index in [-0.39, 0.29) is 0 Å². The monoisotopic (exact) mass is 326 g/mol. The molecule has 0 aromatic heterocycles. The molecule has 0 atom stereocenters. The van der Waals surface area contributed by atoms with E-state index in [0.717, 1.165) is 32.0 Å². The van der Waals surface area contributed by atoms with Crippen molar-refractivity contribution in [2.24, 2.45) is 11.7 Å². The smallest absolute Gasteiger partial charge is 0.0510 e. The number of nitrogens with zero attached hydrogens (tertiary/aromatic N) is 1. The van der Waals surface area contributed by atoms with Crippen molar-refractivity contribution in [2.45, 2.75) is 19.3 Å². The lowest BCUT2D eigenvalue weighted by Gasteiger charge is -2.34. The molecule has 19 heavy (non-hydrogen) atoms. The second-order valence-electron chi connectivity index (χ2n) is 5.21. The minimum atomic E-state index is 0.703. The molecule has 1 fully saturated rings. The van der Waals surface area contributed by atoms with Crippen LogP contribution in [0.25, 0.3) is 0 Å². The van der Waals surface area contributed by atoms with Crippen LogP contribution in [0, 0.1) is 5.92 Å². The molecular formula is C15H23BrN2O. The molecule has 1 aromatic rings. The summed E-state index contributed by atoms with van der Waals surface area (Å²) in [5.74, 6) is 0.719. The van der Waals surface area contributed by atoms with Gasteiger partial charge in [0.1, 0.15) is 0 Å². The van der Waals surface area contributed by atoms with E-state index >= 15 is 0 Å². The van der Waals surface area contributed by atoms with E-state index in [9.17, 15) is 0 Å². The zero-order chi connectivity index (χ0) is 13.7. The number of anilines is 1. The van der Waals surface area contributed by atoms with Crippen LogP contribution in [0.4, 0.5) is 5.69 Å². The fraction of sp³-hybridized carbons (Fsp3) is 0.600. The molecule has 0 bridgehead atoms. The molecule has 2 rings (SSSR count). The molecule has 4 heteroatoms. The highest BCUT2D eigenvalue weighted by Crippen LogP contribution is 2.31. The molecule has 1 aliphatic heterocycles. The van der Waals surface area contributed by atoms with Crippen LogP contribution in [0.5, 0.6) is 0 Å². The quantitative estimate of drug-likeness (QED) is 0.904. The average Bonchev–Trinajstić information content (AvgIpc) is 2.41. The normalized spacial score (nSPS) is 16.9. The van der Waals surface area contributed by atoms with E-state index < -0.39 is 0 Å². The lowest BCUT2D eigenvalue weighted by molar-refractivity contribution is 0.139. The third-order valence-electron chi connectivity index (χ3n) is 3.80. The fourth-order valence-corrected chi connectivity index (χ4v) is 3.38. The summed E-state index contributed by atoms with van der Waals surface area (Å²) in [6.07, 6.45) is 3.37. The van der Waals surface area contributed by atoms with Crippen LogP contribution >= 0.6 is 15.9 Å². The number of piperidine rings is 1. The van der Waals surface area contributed by atoms with Crippen molar-refractivity contribution >= 4 is 21.6 Å². The first-order valence-electron chi connectivity index (χ1n) is 6.97. The highest BCUT2D eigenvalue weighted by atomic mass is 79.9. The maximum Gasteiger partial charge on any atom is 0.0510 e. The number of benzene rings is 1. The Balaban J connectivity index is 1.99. The molecule has 106 valence electrons. The average molecular weight is 327 g/mol. The van der Waals surface area contributed by atoms with E-state index in [4.69, 9.17) is 10.5 Å². The van der Waals surface area contributed by atoms with Crippen molar-refractivity contribution in [2.75, 3.05) is 38.3 Å². The van der Waals surface area contributed by atoms with Crippen molar-refractivity contribution in [1.82, 2.24) is 0 Å². The third-order valence-corrected chi connectivity index (χ3v) is 4.44. The van der Waals surface area contributed by atoms with Gasteiger partial charge in [-0.1, -0.05) is 6.07 Å². The Hall–Kier alpha value is -0.580. The number of nitrogens with two attached hydrogens (primary N) is 1. The number of methoxy groups -OCH3 is 1. The maximum absolute atomic E-state index is 5.60. The zero-order valence-corrected chi connectivity index (χ0v) is 13.2. The van der Waals surface area contributed by atoms with Crippen molar-refractivity contribution in [3.63, 3.8) is 0 Å². The van der Waals surface area contributed by atoms with Gasteiger partial charge in [-0.3, -0.25) is 0 Å². The molecule has 0 radical (unpaired) electrons. The van der Waals surface area contributed by atoms with Gasteiger partial charge in [0.05, 0.1) is 5.69 Å². The van der Waals surface area contributed by atoms with E-state index in [1.54, 1.807) is 7.11 Å². The number of hydrogen-bond acceptors (Lipinski definition) is 3. The second-order valence-corrected chi connectivity index (χ2v) is 6.06. The summed E-state index contributed by atoms with van der Waals surface area (Å²) >= 11 is 3.69. The van der Waals surface area contributed by atoms with Gasteiger partial charge in [-0.05, 0) is 65.4 Å². The van der Waals surface area contributed by atoms with Crippen LogP contribution in [-0.4, -0.2) is 33.4 Å². The molecule has 3 nitrogen and oxygen atoms in total. The first kappa shape index (κ1) is 14.8. The van der Waals surface area contributed by atoms with Crippen LogP contribution in [0.1, 0.15) is 18.4 Å². The van der Waals surface area contributed by atoms with Gasteiger partial charge >= 0.3 is 0 Å². The van der Waals surface area contributed by atoms with E-state index in [1.807, 2.05) is 0 Å². The molecule has 0 amide bonds. The summed E-state index contributed by atoms with van der Waals surface area (Å²) < 4.78 is 6.43. The van der Waals surface area contributed by atoms with Crippen LogP contribution in [0.3, 0.4) is 0 Å². The van der Waals surface area contributed by atoms with Gasteiger partial charge in [0.15, 0.2) is 0 Å². The molecule has 0 unspecified atom stereocenters. The summed E-state index contributed by atoms with van der Waals surface area (Å²) in [6, 6.07) is 6.60. The Morgan fingerprint density at radius 3 is 2.68 bits per heavy atom. The predicted molar refractivity (Wildman–Crippen MR) is 83.7 cm³/mol. The summed E-state index contributed by atoms with van der Waals surface area (Å²) in [5, 5.41) is 0. The first-order valence-corrected chi connectivity index (χ1v) is 7.76.